The maximum absolute atomic E-state index is 11.6. The van der Waals surface area contributed by atoms with E-state index in [1.165, 1.54) is 48.8 Å². The predicted molar refractivity (Wildman–Crippen MR) is 220 cm³/mol. The average Bonchev–Trinajstić information content (AvgIpc) is 3.21. The normalized spacial score (nSPS) is 11.0. The van der Waals surface area contributed by atoms with Crippen molar-refractivity contribution in [3.05, 3.63) is 201 Å². The van der Waals surface area contributed by atoms with Crippen LogP contribution in [0.2, 0.25) is 0 Å². The molecule has 0 amide bonds. The molecule has 9 aromatic carbocycles. The molecule has 51 heavy (non-hydrogen) atoms. The van der Waals surface area contributed by atoms with E-state index in [9.17, 15) is 5.11 Å². The number of rotatable bonds is 5. The standard InChI is InChI=1S/C46H30O.C4H6/c47-44-26-25-32(31-16-12-17-33(27-31)42-29-34-15-4-5-18-35(34)36-19-6-7-22-39(36)42)28-43(44)46-41-24-11-9-21-38(41)37-20-8-10-23-40(37)45(46)30-13-2-1-3-14-30;1-3-4-2/h1-29,47H;3-4H,1-2H2. The molecule has 0 radical (unpaired) electrons. The minimum Gasteiger partial charge on any atom is -0.507 e. The van der Waals surface area contributed by atoms with Gasteiger partial charge in [-0.15, -0.1) is 0 Å². The van der Waals surface area contributed by atoms with E-state index >= 15 is 0 Å². The van der Waals surface area contributed by atoms with E-state index in [4.69, 9.17) is 0 Å². The molecule has 0 aliphatic heterocycles. The van der Waals surface area contributed by atoms with Gasteiger partial charge in [0.1, 0.15) is 5.75 Å². The average molecular weight is 653 g/mol. The smallest absolute Gasteiger partial charge is 0.123 e. The van der Waals surface area contributed by atoms with Gasteiger partial charge in [0.05, 0.1) is 0 Å². The largest absolute Gasteiger partial charge is 0.507 e. The lowest BCUT2D eigenvalue weighted by molar-refractivity contribution is 0.477. The molecule has 9 rings (SSSR count). The van der Waals surface area contributed by atoms with Gasteiger partial charge in [-0.1, -0.05) is 177 Å². The maximum atomic E-state index is 11.6. The molecule has 0 spiro atoms. The molecule has 9 aromatic rings. The van der Waals surface area contributed by atoms with Crippen LogP contribution < -0.4 is 0 Å². The number of benzene rings is 9. The highest BCUT2D eigenvalue weighted by Crippen LogP contribution is 2.48. The van der Waals surface area contributed by atoms with Crippen LogP contribution in [0.4, 0.5) is 0 Å². The van der Waals surface area contributed by atoms with Gasteiger partial charge in [-0.3, -0.25) is 0 Å². The summed E-state index contributed by atoms with van der Waals surface area (Å²) in [6, 6.07) is 62.1. The van der Waals surface area contributed by atoms with E-state index in [1.807, 2.05) is 12.1 Å². The summed E-state index contributed by atoms with van der Waals surface area (Å²) in [5, 5.41) is 21.3. The topological polar surface area (TPSA) is 20.2 Å². The highest BCUT2D eigenvalue weighted by molar-refractivity contribution is 6.22. The number of phenols is 1. The second-order valence-electron chi connectivity index (χ2n) is 12.7. The first kappa shape index (κ1) is 31.6. The zero-order chi connectivity index (χ0) is 34.7. The summed E-state index contributed by atoms with van der Waals surface area (Å²) >= 11 is 0. The third-order valence-electron chi connectivity index (χ3n) is 9.70. The molecule has 0 aliphatic rings. The molecule has 0 bridgehead atoms. The van der Waals surface area contributed by atoms with Crippen LogP contribution in [0.25, 0.3) is 87.6 Å². The van der Waals surface area contributed by atoms with Gasteiger partial charge < -0.3 is 5.11 Å². The highest BCUT2D eigenvalue weighted by atomic mass is 16.3. The van der Waals surface area contributed by atoms with E-state index in [0.717, 1.165) is 38.8 Å². The van der Waals surface area contributed by atoms with Gasteiger partial charge in [0.2, 0.25) is 0 Å². The lowest BCUT2D eigenvalue weighted by Crippen LogP contribution is -1.93. The molecule has 0 atom stereocenters. The molecule has 0 saturated carbocycles. The Bertz CT molecular complexity index is 2730. The molecule has 1 heteroatoms. The van der Waals surface area contributed by atoms with E-state index in [0.29, 0.717) is 0 Å². The summed E-state index contributed by atoms with van der Waals surface area (Å²) in [5.74, 6) is 0.267. The Balaban J connectivity index is 0.000000890. The SMILES string of the molecule is C=CC=C.Oc1ccc(-c2cccc(-c3cc4ccccc4c4ccccc34)c2)cc1-c1c(-c2ccccc2)c2ccccc2c2ccccc12. The van der Waals surface area contributed by atoms with Crippen molar-refractivity contribution in [3.8, 4) is 50.3 Å². The third-order valence-corrected chi connectivity index (χ3v) is 9.70. The molecule has 0 fully saturated rings. The van der Waals surface area contributed by atoms with Crippen LogP contribution in [0.15, 0.2) is 201 Å². The Morgan fingerprint density at radius 3 is 1.49 bits per heavy atom. The Labute approximate surface area is 298 Å². The summed E-state index contributed by atoms with van der Waals surface area (Å²) in [6.45, 7) is 6.72. The monoisotopic (exact) mass is 652 g/mol. The Morgan fingerprint density at radius 2 is 0.824 bits per heavy atom. The minimum atomic E-state index is 0.267. The second-order valence-corrected chi connectivity index (χ2v) is 12.7. The molecule has 242 valence electrons. The van der Waals surface area contributed by atoms with Crippen LogP contribution in [-0.4, -0.2) is 5.11 Å². The van der Waals surface area contributed by atoms with Gasteiger partial charge in [0, 0.05) is 11.1 Å². The van der Waals surface area contributed by atoms with Gasteiger partial charge in [0.25, 0.3) is 0 Å². The number of fused-ring (bicyclic) bond motifs is 6. The number of aromatic hydroxyl groups is 1. The van der Waals surface area contributed by atoms with Crippen molar-refractivity contribution in [2.45, 2.75) is 0 Å². The van der Waals surface area contributed by atoms with E-state index in [-0.39, 0.29) is 5.75 Å². The molecule has 0 aromatic heterocycles. The number of hydrogen-bond donors (Lipinski definition) is 1. The molecular weight excluding hydrogens is 617 g/mol. The first-order chi connectivity index (χ1) is 25.2. The maximum Gasteiger partial charge on any atom is 0.123 e. The van der Waals surface area contributed by atoms with Gasteiger partial charge in [-0.05, 0) is 101 Å². The van der Waals surface area contributed by atoms with Crippen LogP contribution in [0.5, 0.6) is 5.75 Å². The van der Waals surface area contributed by atoms with Gasteiger partial charge in [-0.2, -0.15) is 0 Å². The summed E-state index contributed by atoms with van der Waals surface area (Å²) in [7, 11) is 0. The molecule has 0 unspecified atom stereocenters. The van der Waals surface area contributed by atoms with E-state index in [1.54, 1.807) is 12.2 Å². The molecule has 1 N–H and O–H groups in total. The third kappa shape index (κ3) is 5.75. The number of phenolic OH excluding ortho intramolecular Hbond substituents is 1. The predicted octanol–water partition coefficient (Wildman–Crippen LogP) is 14.0. The van der Waals surface area contributed by atoms with Crippen molar-refractivity contribution in [3.63, 3.8) is 0 Å². The first-order valence-corrected chi connectivity index (χ1v) is 17.2. The van der Waals surface area contributed by atoms with Gasteiger partial charge in [0.15, 0.2) is 0 Å². The first-order valence-electron chi connectivity index (χ1n) is 17.2. The second kappa shape index (κ2) is 13.7. The minimum absolute atomic E-state index is 0.267. The lowest BCUT2D eigenvalue weighted by Gasteiger charge is -2.20. The Hall–Kier alpha value is -6.70. The van der Waals surface area contributed by atoms with Crippen LogP contribution in [0, 0.1) is 0 Å². The van der Waals surface area contributed by atoms with Crippen molar-refractivity contribution in [2.75, 3.05) is 0 Å². The summed E-state index contributed by atoms with van der Waals surface area (Å²) in [5.41, 5.74) is 8.66. The molecule has 0 saturated heterocycles. The molecule has 0 aliphatic carbocycles. The molecular formula is C50H36O. The Kier molecular flexibility index (Phi) is 8.46. The van der Waals surface area contributed by atoms with Crippen molar-refractivity contribution in [1.29, 1.82) is 0 Å². The van der Waals surface area contributed by atoms with Crippen molar-refractivity contribution in [1.82, 2.24) is 0 Å². The number of hydrogen-bond acceptors (Lipinski definition) is 1. The number of allylic oxidation sites excluding steroid dienone is 2. The van der Waals surface area contributed by atoms with Crippen LogP contribution in [0.1, 0.15) is 0 Å². The van der Waals surface area contributed by atoms with Crippen LogP contribution in [0.3, 0.4) is 0 Å². The summed E-state index contributed by atoms with van der Waals surface area (Å²) in [6.07, 6.45) is 3.28. The summed E-state index contributed by atoms with van der Waals surface area (Å²) in [4.78, 5) is 0. The van der Waals surface area contributed by atoms with Gasteiger partial charge in [-0.25, -0.2) is 0 Å². The molecule has 1 nitrogen and oxygen atoms in total. The van der Waals surface area contributed by atoms with Gasteiger partial charge >= 0.3 is 0 Å². The fourth-order valence-corrected chi connectivity index (χ4v) is 7.40. The van der Waals surface area contributed by atoms with Crippen LogP contribution in [-0.2, 0) is 0 Å². The van der Waals surface area contributed by atoms with Crippen molar-refractivity contribution >= 4 is 43.1 Å². The van der Waals surface area contributed by atoms with E-state index in [2.05, 4.69) is 177 Å². The highest BCUT2D eigenvalue weighted by Gasteiger charge is 2.20. The van der Waals surface area contributed by atoms with Crippen molar-refractivity contribution in [2.24, 2.45) is 0 Å². The van der Waals surface area contributed by atoms with E-state index < -0.39 is 0 Å². The van der Waals surface area contributed by atoms with Crippen molar-refractivity contribution < 1.29 is 5.11 Å². The Morgan fingerprint density at radius 1 is 0.333 bits per heavy atom. The van der Waals surface area contributed by atoms with Crippen LogP contribution >= 0.6 is 0 Å². The zero-order valence-electron chi connectivity index (χ0n) is 28.3. The fraction of sp³-hybridized carbons (Fsp3) is 0. The fourth-order valence-electron chi connectivity index (χ4n) is 7.40. The quantitative estimate of drug-likeness (QED) is 0.145. The lowest BCUT2D eigenvalue weighted by atomic mass is 9.84. The molecule has 0 heterocycles. The summed E-state index contributed by atoms with van der Waals surface area (Å²) < 4.78 is 0. The zero-order valence-corrected chi connectivity index (χ0v) is 28.3.